The largest absolute Gasteiger partial charge is 0.314 e. The van der Waals surface area contributed by atoms with Gasteiger partial charge in [-0.3, -0.25) is 0 Å². The summed E-state index contributed by atoms with van der Waals surface area (Å²) in [6.45, 7) is 7.72. The predicted molar refractivity (Wildman–Crippen MR) is 79.7 cm³/mol. The summed E-state index contributed by atoms with van der Waals surface area (Å²) in [6, 6.07) is 6.60. The topological polar surface area (TPSA) is 12.0 Å². The SMILES string of the molecule is CC(C)NCC1(c2ccc(Cl)c(Cl)c2)CCC1C. The van der Waals surface area contributed by atoms with Crippen molar-refractivity contribution in [3.05, 3.63) is 33.8 Å². The van der Waals surface area contributed by atoms with Gasteiger partial charge in [-0.25, -0.2) is 0 Å². The number of nitrogens with one attached hydrogen (secondary N) is 1. The Morgan fingerprint density at radius 1 is 1.33 bits per heavy atom. The van der Waals surface area contributed by atoms with Crippen molar-refractivity contribution < 1.29 is 0 Å². The van der Waals surface area contributed by atoms with Gasteiger partial charge in [-0.05, 0) is 36.5 Å². The van der Waals surface area contributed by atoms with Crippen LogP contribution in [0.4, 0.5) is 0 Å². The second-order valence-electron chi connectivity index (χ2n) is 5.76. The summed E-state index contributed by atoms with van der Waals surface area (Å²) in [6.07, 6.45) is 2.52. The molecule has 3 heteroatoms. The first-order valence-corrected chi connectivity index (χ1v) is 7.40. The summed E-state index contributed by atoms with van der Waals surface area (Å²) in [5, 5.41) is 4.88. The molecular formula is C15H21Cl2N. The van der Waals surface area contributed by atoms with Gasteiger partial charge in [0.15, 0.2) is 0 Å². The average Bonchev–Trinajstić information content (AvgIpc) is 2.32. The van der Waals surface area contributed by atoms with Crippen LogP contribution in [0.1, 0.15) is 39.2 Å². The van der Waals surface area contributed by atoms with Gasteiger partial charge in [-0.2, -0.15) is 0 Å². The molecule has 0 saturated heterocycles. The lowest BCUT2D eigenvalue weighted by atomic mass is 9.57. The van der Waals surface area contributed by atoms with Crippen molar-refractivity contribution >= 4 is 23.2 Å². The smallest absolute Gasteiger partial charge is 0.0595 e. The van der Waals surface area contributed by atoms with Gasteiger partial charge < -0.3 is 5.32 Å². The molecule has 2 rings (SSSR count). The molecule has 0 aromatic heterocycles. The highest BCUT2D eigenvalue weighted by Gasteiger charge is 2.45. The van der Waals surface area contributed by atoms with E-state index in [4.69, 9.17) is 23.2 Å². The highest BCUT2D eigenvalue weighted by atomic mass is 35.5. The lowest BCUT2D eigenvalue weighted by Gasteiger charge is -2.49. The van der Waals surface area contributed by atoms with E-state index in [9.17, 15) is 0 Å². The molecule has 1 saturated carbocycles. The quantitative estimate of drug-likeness (QED) is 0.849. The Labute approximate surface area is 120 Å². The van der Waals surface area contributed by atoms with Crippen LogP contribution in [0.15, 0.2) is 18.2 Å². The fourth-order valence-corrected chi connectivity index (χ4v) is 3.07. The first-order valence-electron chi connectivity index (χ1n) is 6.64. The molecule has 1 aliphatic carbocycles. The van der Waals surface area contributed by atoms with E-state index < -0.39 is 0 Å². The molecule has 1 nitrogen and oxygen atoms in total. The zero-order valence-electron chi connectivity index (χ0n) is 11.3. The van der Waals surface area contributed by atoms with Crippen LogP contribution in [0.25, 0.3) is 0 Å². The van der Waals surface area contributed by atoms with E-state index in [1.54, 1.807) is 0 Å². The lowest BCUT2D eigenvalue weighted by Crippen LogP contribution is -2.51. The molecule has 1 aromatic rings. The third-order valence-electron chi connectivity index (χ3n) is 4.29. The average molecular weight is 286 g/mol. The van der Waals surface area contributed by atoms with Crippen molar-refractivity contribution in [3.63, 3.8) is 0 Å². The molecule has 1 aromatic carbocycles. The lowest BCUT2D eigenvalue weighted by molar-refractivity contribution is 0.131. The van der Waals surface area contributed by atoms with E-state index in [0.717, 1.165) is 6.54 Å². The monoisotopic (exact) mass is 285 g/mol. The van der Waals surface area contributed by atoms with Crippen molar-refractivity contribution in [3.8, 4) is 0 Å². The van der Waals surface area contributed by atoms with Gasteiger partial charge in [0.25, 0.3) is 0 Å². The molecule has 100 valence electrons. The van der Waals surface area contributed by atoms with Gasteiger partial charge >= 0.3 is 0 Å². The van der Waals surface area contributed by atoms with Crippen molar-refractivity contribution in [2.75, 3.05) is 6.54 Å². The zero-order valence-corrected chi connectivity index (χ0v) is 12.8. The summed E-state index contributed by atoms with van der Waals surface area (Å²) in [5.74, 6) is 0.695. The Balaban J connectivity index is 2.26. The van der Waals surface area contributed by atoms with E-state index in [-0.39, 0.29) is 5.41 Å². The van der Waals surface area contributed by atoms with Crippen LogP contribution in [0.2, 0.25) is 10.0 Å². The number of benzene rings is 1. The van der Waals surface area contributed by atoms with E-state index >= 15 is 0 Å². The van der Waals surface area contributed by atoms with Gasteiger partial charge in [0.05, 0.1) is 10.0 Å². The molecule has 0 aliphatic heterocycles. The van der Waals surface area contributed by atoms with Gasteiger partial charge in [0.2, 0.25) is 0 Å². The maximum Gasteiger partial charge on any atom is 0.0595 e. The molecule has 1 fully saturated rings. The normalized spacial score (nSPS) is 27.3. The zero-order chi connectivity index (χ0) is 13.3. The van der Waals surface area contributed by atoms with Crippen LogP contribution >= 0.6 is 23.2 Å². The first kappa shape index (κ1) is 14.2. The Morgan fingerprint density at radius 2 is 2.06 bits per heavy atom. The Kier molecular flexibility index (Phi) is 4.25. The highest BCUT2D eigenvalue weighted by Crippen LogP contribution is 2.49. The molecule has 0 bridgehead atoms. The number of halogens is 2. The molecule has 0 heterocycles. The van der Waals surface area contributed by atoms with Crippen molar-refractivity contribution in [2.45, 2.75) is 45.1 Å². The number of hydrogen-bond donors (Lipinski definition) is 1. The summed E-state index contributed by atoms with van der Waals surface area (Å²) in [7, 11) is 0. The molecule has 0 amide bonds. The summed E-state index contributed by atoms with van der Waals surface area (Å²) < 4.78 is 0. The fourth-order valence-electron chi connectivity index (χ4n) is 2.77. The minimum atomic E-state index is 0.235. The molecule has 2 unspecified atom stereocenters. The van der Waals surface area contributed by atoms with Crippen LogP contribution in [-0.4, -0.2) is 12.6 Å². The maximum atomic E-state index is 6.16. The summed E-state index contributed by atoms with van der Waals surface area (Å²) in [4.78, 5) is 0. The van der Waals surface area contributed by atoms with Gasteiger partial charge in [0, 0.05) is 18.0 Å². The predicted octanol–water partition coefficient (Wildman–Crippen LogP) is 4.66. The third kappa shape index (κ3) is 2.54. The molecule has 0 spiro atoms. The van der Waals surface area contributed by atoms with E-state index in [1.165, 1.54) is 18.4 Å². The minimum Gasteiger partial charge on any atom is -0.314 e. The van der Waals surface area contributed by atoms with Crippen LogP contribution in [-0.2, 0) is 5.41 Å². The third-order valence-corrected chi connectivity index (χ3v) is 5.03. The summed E-state index contributed by atoms with van der Waals surface area (Å²) >= 11 is 12.2. The molecule has 2 atom stereocenters. The molecular weight excluding hydrogens is 265 g/mol. The number of rotatable bonds is 4. The molecule has 1 aliphatic rings. The van der Waals surface area contributed by atoms with Crippen LogP contribution < -0.4 is 5.32 Å². The van der Waals surface area contributed by atoms with E-state index in [1.807, 2.05) is 12.1 Å². The van der Waals surface area contributed by atoms with Crippen molar-refractivity contribution in [1.82, 2.24) is 5.32 Å². The Morgan fingerprint density at radius 3 is 2.50 bits per heavy atom. The second-order valence-corrected chi connectivity index (χ2v) is 6.57. The standard InChI is InChI=1S/C15H21Cl2N/c1-10(2)18-9-15(7-6-11(15)3)12-4-5-13(16)14(17)8-12/h4-5,8,10-11,18H,6-7,9H2,1-3H3. The Bertz CT molecular complexity index is 431. The molecule has 0 radical (unpaired) electrons. The van der Waals surface area contributed by atoms with E-state index in [0.29, 0.717) is 22.0 Å². The highest BCUT2D eigenvalue weighted by molar-refractivity contribution is 6.42. The first-order chi connectivity index (χ1) is 8.45. The van der Waals surface area contributed by atoms with Crippen molar-refractivity contribution in [1.29, 1.82) is 0 Å². The fraction of sp³-hybridized carbons (Fsp3) is 0.600. The Hall–Kier alpha value is -0.240. The summed E-state index contributed by atoms with van der Waals surface area (Å²) in [5.41, 5.74) is 1.56. The van der Waals surface area contributed by atoms with Gasteiger partial charge in [-0.1, -0.05) is 50.0 Å². The van der Waals surface area contributed by atoms with E-state index in [2.05, 4.69) is 32.2 Å². The van der Waals surface area contributed by atoms with Gasteiger partial charge in [0.1, 0.15) is 0 Å². The molecule has 18 heavy (non-hydrogen) atoms. The maximum absolute atomic E-state index is 6.16. The minimum absolute atomic E-state index is 0.235. The van der Waals surface area contributed by atoms with Crippen LogP contribution in [0, 0.1) is 5.92 Å². The van der Waals surface area contributed by atoms with Gasteiger partial charge in [-0.15, -0.1) is 0 Å². The number of hydrogen-bond acceptors (Lipinski definition) is 1. The van der Waals surface area contributed by atoms with Crippen molar-refractivity contribution in [2.24, 2.45) is 5.92 Å². The molecule has 1 N–H and O–H groups in total. The van der Waals surface area contributed by atoms with Crippen LogP contribution in [0.5, 0.6) is 0 Å². The van der Waals surface area contributed by atoms with Crippen LogP contribution in [0.3, 0.4) is 0 Å². The second kappa shape index (κ2) is 5.40.